The molecule has 0 bridgehead atoms. The fourth-order valence-electron chi connectivity index (χ4n) is 2.11. The maximum absolute atomic E-state index is 11.8. The molecule has 26 heavy (non-hydrogen) atoms. The van der Waals surface area contributed by atoms with Gasteiger partial charge in [0, 0.05) is 18.4 Å². The number of nitriles is 1. The SMILES string of the molecule is Cc1cc(CNC(=O)OC(C)(C)C)cc(NC=C(C#N)c2nn[nH]n2)c1. The van der Waals surface area contributed by atoms with E-state index in [4.69, 9.17) is 4.74 Å². The number of hydrogen-bond donors (Lipinski definition) is 3. The van der Waals surface area contributed by atoms with Crippen molar-refractivity contribution >= 4 is 17.4 Å². The standard InChI is InChI=1S/C17H21N7O2/c1-11-5-12(9-20-16(25)26-17(2,3)4)7-14(6-11)19-10-13(8-18)15-21-23-24-22-15/h5-7,10,19H,9H2,1-4H3,(H,20,25)(H,21,22,23,24). The Labute approximate surface area is 151 Å². The average Bonchev–Trinajstić information content (AvgIpc) is 3.06. The summed E-state index contributed by atoms with van der Waals surface area (Å²) < 4.78 is 5.22. The lowest BCUT2D eigenvalue weighted by molar-refractivity contribution is 0.0523. The van der Waals surface area contributed by atoms with Crippen LogP contribution in [0.5, 0.6) is 0 Å². The van der Waals surface area contributed by atoms with Gasteiger partial charge in [0.1, 0.15) is 17.2 Å². The maximum atomic E-state index is 11.8. The minimum absolute atomic E-state index is 0.208. The molecular weight excluding hydrogens is 334 g/mol. The Hall–Kier alpha value is -3.41. The lowest BCUT2D eigenvalue weighted by atomic mass is 10.1. The van der Waals surface area contributed by atoms with E-state index in [1.807, 2.05) is 52.0 Å². The van der Waals surface area contributed by atoms with E-state index >= 15 is 0 Å². The van der Waals surface area contributed by atoms with Crippen LogP contribution in [-0.2, 0) is 11.3 Å². The number of aromatic nitrogens is 4. The van der Waals surface area contributed by atoms with E-state index in [2.05, 4.69) is 31.3 Å². The highest BCUT2D eigenvalue weighted by atomic mass is 16.6. The number of anilines is 1. The van der Waals surface area contributed by atoms with Gasteiger partial charge in [0.15, 0.2) is 0 Å². The Balaban J connectivity index is 2.05. The lowest BCUT2D eigenvalue weighted by Crippen LogP contribution is -2.32. The molecule has 2 rings (SSSR count). The van der Waals surface area contributed by atoms with Crippen LogP contribution < -0.4 is 10.6 Å². The zero-order valence-electron chi connectivity index (χ0n) is 15.1. The smallest absolute Gasteiger partial charge is 0.407 e. The first-order valence-corrected chi connectivity index (χ1v) is 7.95. The van der Waals surface area contributed by atoms with Gasteiger partial charge in [-0.1, -0.05) is 6.07 Å². The van der Waals surface area contributed by atoms with Gasteiger partial charge in [-0.15, -0.1) is 10.2 Å². The largest absolute Gasteiger partial charge is 0.444 e. The van der Waals surface area contributed by atoms with Crippen molar-refractivity contribution in [3.63, 3.8) is 0 Å². The molecule has 0 atom stereocenters. The number of hydrogen-bond acceptors (Lipinski definition) is 7. The summed E-state index contributed by atoms with van der Waals surface area (Å²) in [6, 6.07) is 7.74. The van der Waals surface area contributed by atoms with Crippen molar-refractivity contribution in [2.24, 2.45) is 0 Å². The average molecular weight is 355 g/mol. The van der Waals surface area contributed by atoms with E-state index in [0.717, 1.165) is 16.8 Å². The summed E-state index contributed by atoms with van der Waals surface area (Å²) >= 11 is 0. The first-order chi connectivity index (χ1) is 12.3. The molecule has 0 fully saturated rings. The Bertz CT molecular complexity index is 830. The summed E-state index contributed by atoms with van der Waals surface area (Å²) in [6.45, 7) is 7.69. The van der Waals surface area contributed by atoms with E-state index in [1.54, 1.807) is 0 Å². The van der Waals surface area contributed by atoms with Crippen LogP contribution in [0.2, 0.25) is 0 Å². The second-order valence-electron chi connectivity index (χ2n) is 6.61. The van der Waals surface area contributed by atoms with Crippen LogP contribution in [-0.4, -0.2) is 32.3 Å². The Morgan fingerprint density at radius 1 is 1.38 bits per heavy atom. The van der Waals surface area contributed by atoms with E-state index in [1.165, 1.54) is 6.20 Å². The van der Waals surface area contributed by atoms with Gasteiger partial charge in [-0.3, -0.25) is 0 Å². The number of aryl methyl sites for hydroxylation is 1. The molecule has 0 aliphatic carbocycles. The van der Waals surface area contributed by atoms with Crippen molar-refractivity contribution in [1.29, 1.82) is 5.26 Å². The molecule has 3 N–H and O–H groups in total. The molecule has 0 aliphatic heterocycles. The number of allylic oxidation sites excluding steroid dienone is 1. The summed E-state index contributed by atoms with van der Waals surface area (Å²) in [4.78, 5) is 11.8. The molecular formula is C17H21N7O2. The zero-order chi connectivity index (χ0) is 19.2. The molecule has 2 aromatic rings. The third-order valence-electron chi connectivity index (χ3n) is 3.06. The molecule has 1 aromatic heterocycles. The highest BCUT2D eigenvalue weighted by Crippen LogP contribution is 2.16. The number of nitrogens with zero attached hydrogens (tertiary/aromatic N) is 4. The van der Waals surface area contributed by atoms with Gasteiger partial charge in [-0.05, 0) is 56.2 Å². The lowest BCUT2D eigenvalue weighted by Gasteiger charge is -2.19. The third kappa shape index (κ3) is 5.90. The van der Waals surface area contributed by atoms with Crippen LogP contribution in [0, 0.1) is 18.3 Å². The van der Waals surface area contributed by atoms with E-state index in [-0.39, 0.29) is 11.4 Å². The van der Waals surface area contributed by atoms with Gasteiger partial charge in [0.2, 0.25) is 5.82 Å². The number of rotatable bonds is 5. The number of benzene rings is 1. The van der Waals surface area contributed by atoms with Gasteiger partial charge >= 0.3 is 6.09 Å². The van der Waals surface area contributed by atoms with Crippen molar-refractivity contribution in [2.75, 3.05) is 5.32 Å². The molecule has 1 aromatic carbocycles. The first-order valence-electron chi connectivity index (χ1n) is 7.95. The van der Waals surface area contributed by atoms with Gasteiger partial charge in [-0.2, -0.15) is 10.5 Å². The molecule has 0 unspecified atom stereocenters. The number of tetrazole rings is 1. The minimum Gasteiger partial charge on any atom is -0.444 e. The molecule has 136 valence electrons. The first kappa shape index (κ1) is 18.9. The molecule has 1 amide bonds. The number of aromatic amines is 1. The maximum Gasteiger partial charge on any atom is 0.407 e. The number of ether oxygens (including phenoxy) is 1. The summed E-state index contributed by atoms with van der Waals surface area (Å²) in [5.74, 6) is 0.208. The topological polar surface area (TPSA) is 129 Å². The van der Waals surface area contributed by atoms with Gasteiger partial charge in [0.25, 0.3) is 0 Å². The Morgan fingerprint density at radius 3 is 2.77 bits per heavy atom. The van der Waals surface area contributed by atoms with Crippen LogP contribution in [0.3, 0.4) is 0 Å². The second-order valence-corrected chi connectivity index (χ2v) is 6.61. The predicted molar refractivity (Wildman–Crippen MR) is 95.6 cm³/mol. The van der Waals surface area contributed by atoms with E-state index in [9.17, 15) is 10.1 Å². The Morgan fingerprint density at radius 2 is 2.15 bits per heavy atom. The van der Waals surface area contributed by atoms with E-state index in [0.29, 0.717) is 6.54 Å². The minimum atomic E-state index is -0.545. The van der Waals surface area contributed by atoms with Crippen molar-refractivity contribution in [3.8, 4) is 6.07 Å². The van der Waals surface area contributed by atoms with E-state index < -0.39 is 11.7 Å². The number of alkyl carbamates (subject to hydrolysis) is 1. The van der Waals surface area contributed by atoms with Gasteiger partial charge < -0.3 is 15.4 Å². The summed E-state index contributed by atoms with van der Waals surface area (Å²) in [6.07, 6.45) is 1.03. The predicted octanol–water partition coefficient (Wildman–Crippen LogP) is 2.51. The Kier molecular flexibility index (Phi) is 5.90. The highest BCUT2D eigenvalue weighted by molar-refractivity contribution is 5.74. The number of carbonyl (C=O) groups excluding carboxylic acids is 1. The quantitative estimate of drug-likeness (QED) is 0.703. The fraction of sp³-hybridized carbons (Fsp3) is 0.353. The monoisotopic (exact) mass is 355 g/mol. The van der Waals surface area contributed by atoms with Crippen LogP contribution in [0.25, 0.3) is 5.57 Å². The fourth-order valence-corrected chi connectivity index (χ4v) is 2.11. The van der Waals surface area contributed by atoms with Crippen LogP contribution in [0.1, 0.15) is 37.7 Å². The van der Waals surface area contributed by atoms with Crippen LogP contribution in [0.15, 0.2) is 24.4 Å². The summed E-state index contributed by atoms with van der Waals surface area (Å²) in [5.41, 5.74) is 2.36. The number of H-pyrrole nitrogens is 1. The summed E-state index contributed by atoms with van der Waals surface area (Å²) in [7, 11) is 0. The number of carbonyl (C=O) groups is 1. The number of amides is 1. The van der Waals surface area contributed by atoms with Crippen LogP contribution >= 0.6 is 0 Å². The molecule has 1 heterocycles. The molecule has 0 saturated heterocycles. The molecule has 0 aliphatic rings. The number of nitrogens with one attached hydrogen (secondary N) is 3. The molecule has 0 radical (unpaired) electrons. The molecule has 0 saturated carbocycles. The van der Waals surface area contributed by atoms with Crippen molar-refractivity contribution in [2.45, 2.75) is 39.8 Å². The molecule has 9 heteroatoms. The van der Waals surface area contributed by atoms with Crippen molar-refractivity contribution in [1.82, 2.24) is 25.9 Å². The normalized spacial score (nSPS) is 11.6. The van der Waals surface area contributed by atoms with Gasteiger partial charge in [-0.25, -0.2) is 4.79 Å². The molecule has 0 spiro atoms. The summed E-state index contributed by atoms with van der Waals surface area (Å²) in [5, 5.41) is 28.2. The zero-order valence-corrected chi connectivity index (χ0v) is 15.1. The van der Waals surface area contributed by atoms with Crippen LogP contribution in [0.4, 0.5) is 10.5 Å². The third-order valence-corrected chi connectivity index (χ3v) is 3.06. The highest BCUT2D eigenvalue weighted by Gasteiger charge is 2.15. The van der Waals surface area contributed by atoms with Crippen molar-refractivity contribution in [3.05, 3.63) is 41.4 Å². The molecule has 9 nitrogen and oxygen atoms in total. The van der Waals surface area contributed by atoms with Crippen molar-refractivity contribution < 1.29 is 9.53 Å². The second kappa shape index (κ2) is 8.11. The van der Waals surface area contributed by atoms with Gasteiger partial charge in [0.05, 0.1) is 0 Å².